The summed E-state index contributed by atoms with van der Waals surface area (Å²) in [6.45, 7) is 2.34. The summed E-state index contributed by atoms with van der Waals surface area (Å²) in [7, 11) is 0. The fraction of sp³-hybridized carbons (Fsp3) is 0.533. The molecule has 4 heteroatoms. The Bertz CT molecular complexity index is 388. The SMILES string of the molecule is NC(=O)C[C@H](NCc1ccccc1)C1CCOCC1. The zero-order valence-electron chi connectivity index (χ0n) is 11.2. The monoisotopic (exact) mass is 262 g/mol. The van der Waals surface area contributed by atoms with Crippen LogP contribution in [0.25, 0.3) is 0 Å². The van der Waals surface area contributed by atoms with E-state index >= 15 is 0 Å². The summed E-state index contributed by atoms with van der Waals surface area (Å²) >= 11 is 0. The first kappa shape index (κ1) is 14.0. The molecule has 1 amide bonds. The molecule has 0 saturated carbocycles. The summed E-state index contributed by atoms with van der Waals surface area (Å²) in [5.41, 5.74) is 6.58. The quantitative estimate of drug-likeness (QED) is 0.815. The lowest BCUT2D eigenvalue weighted by Gasteiger charge is -2.30. The minimum atomic E-state index is -0.239. The number of carbonyl (C=O) groups is 1. The number of rotatable bonds is 6. The van der Waals surface area contributed by atoms with Crippen molar-refractivity contribution in [2.45, 2.75) is 31.8 Å². The molecule has 0 aliphatic carbocycles. The molecule has 1 aliphatic rings. The summed E-state index contributed by atoms with van der Waals surface area (Å²) in [5.74, 6) is 0.238. The van der Waals surface area contributed by atoms with Crippen LogP contribution in [0.2, 0.25) is 0 Å². The van der Waals surface area contributed by atoms with E-state index in [9.17, 15) is 4.79 Å². The fourth-order valence-electron chi connectivity index (χ4n) is 2.59. The third-order valence-corrected chi connectivity index (χ3v) is 3.67. The number of benzene rings is 1. The van der Waals surface area contributed by atoms with Gasteiger partial charge in [-0.1, -0.05) is 30.3 Å². The second kappa shape index (κ2) is 7.26. The Balaban J connectivity index is 1.91. The van der Waals surface area contributed by atoms with E-state index in [-0.39, 0.29) is 11.9 Å². The number of hydrogen-bond donors (Lipinski definition) is 2. The molecule has 19 heavy (non-hydrogen) atoms. The van der Waals surface area contributed by atoms with Crippen LogP contribution in [-0.4, -0.2) is 25.2 Å². The van der Waals surface area contributed by atoms with Gasteiger partial charge in [-0.3, -0.25) is 4.79 Å². The lowest BCUT2D eigenvalue weighted by Crippen LogP contribution is -2.41. The largest absolute Gasteiger partial charge is 0.381 e. The number of amides is 1. The molecule has 0 radical (unpaired) electrons. The van der Waals surface area contributed by atoms with Crippen LogP contribution in [0.5, 0.6) is 0 Å². The Morgan fingerprint density at radius 1 is 1.32 bits per heavy atom. The van der Waals surface area contributed by atoms with E-state index in [1.165, 1.54) is 5.56 Å². The van der Waals surface area contributed by atoms with Crippen molar-refractivity contribution in [2.24, 2.45) is 11.7 Å². The van der Waals surface area contributed by atoms with Crippen molar-refractivity contribution in [1.82, 2.24) is 5.32 Å². The number of nitrogens with two attached hydrogens (primary N) is 1. The number of hydrogen-bond acceptors (Lipinski definition) is 3. The lowest BCUT2D eigenvalue weighted by atomic mass is 9.89. The number of carbonyl (C=O) groups excluding carboxylic acids is 1. The first-order valence-electron chi connectivity index (χ1n) is 6.89. The average Bonchev–Trinajstić information content (AvgIpc) is 2.45. The van der Waals surface area contributed by atoms with Gasteiger partial charge in [0, 0.05) is 32.2 Å². The van der Waals surface area contributed by atoms with E-state index in [4.69, 9.17) is 10.5 Å². The highest BCUT2D eigenvalue weighted by atomic mass is 16.5. The molecule has 1 atom stereocenters. The van der Waals surface area contributed by atoms with E-state index in [2.05, 4.69) is 17.4 Å². The highest BCUT2D eigenvalue weighted by Gasteiger charge is 2.24. The van der Waals surface area contributed by atoms with Gasteiger partial charge in [-0.25, -0.2) is 0 Å². The van der Waals surface area contributed by atoms with Gasteiger partial charge < -0.3 is 15.8 Å². The van der Waals surface area contributed by atoms with Crippen molar-refractivity contribution in [3.8, 4) is 0 Å². The molecule has 104 valence electrons. The maximum absolute atomic E-state index is 11.2. The zero-order valence-corrected chi connectivity index (χ0v) is 11.2. The van der Waals surface area contributed by atoms with E-state index in [1.54, 1.807) is 0 Å². The Morgan fingerprint density at radius 2 is 2.00 bits per heavy atom. The highest BCUT2D eigenvalue weighted by Crippen LogP contribution is 2.21. The molecule has 0 spiro atoms. The van der Waals surface area contributed by atoms with Crippen LogP contribution in [-0.2, 0) is 16.1 Å². The molecule has 1 fully saturated rings. The first-order valence-corrected chi connectivity index (χ1v) is 6.89. The second-order valence-electron chi connectivity index (χ2n) is 5.09. The normalized spacial score (nSPS) is 18.1. The van der Waals surface area contributed by atoms with Gasteiger partial charge in [-0.05, 0) is 24.3 Å². The Hall–Kier alpha value is -1.39. The maximum atomic E-state index is 11.2. The molecule has 1 saturated heterocycles. The molecule has 0 aromatic heterocycles. The van der Waals surface area contributed by atoms with E-state index in [1.807, 2.05) is 18.2 Å². The number of nitrogens with one attached hydrogen (secondary N) is 1. The summed E-state index contributed by atoms with van der Waals surface area (Å²) in [6, 6.07) is 10.4. The van der Waals surface area contributed by atoms with E-state index < -0.39 is 0 Å². The van der Waals surface area contributed by atoms with Gasteiger partial charge in [0.2, 0.25) is 5.91 Å². The van der Waals surface area contributed by atoms with Crippen LogP contribution in [0.15, 0.2) is 30.3 Å². The number of primary amides is 1. The standard InChI is InChI=1S/C15H22N2O2/c16-15(18)10-14(13-6-8-19-9-7-13)17-11-12-4-2-1-3-5-12/h1-5,13-14,17H,6-11H2,(H2,16,18)/t14-/m0/s1. The van der Waals surface area contributed by atoms with Crippen molar-refractivity contribution < 1.29 is 9.53 Å². The van der Waals surface area contributed by atoms with Crippen LogP contribution in [0.4, 0.5) is 0 Å². The van der Waals surface area contributed by atoms with E-state index in [0.717, 1.165) is 32.6 Å². The molecule has 0 unspecified atom stereocenters. The van der Waals surface area contributed by atoms with Crippen LogP contribution in [0.3, 0.4) is 0 Å². The van der Waals surface area contributed by atoms with Crippen LogP contribution < -0.4 is 11.1 Å². The van der Waals surface area contributed by atoms with Crippen molar-refractivity contribution >= 4 is 5.91 Å². The van der Waals surface area contributed by atoms with Gasteiger partial charge >= 0.3 is 0 Å². The minimum absolute atomic E-state index is 0.154. The van der Waals surface area contributed by atoms with Crippen LogP contribution in [0.1, 0.15) is 24.8 Å². The smallest absolute Gasteiger partial charge is 0.218 e. The van der Waals surface area contributed by atoms with Gasteiger partial charge in [-0.15, -0.1) is 0 Å². The van der Waals surface area contributed by atoms with Gasteiger partial charge in [0.1, 0.15) is 0 Å². The van der Waals surface area contributed by atoms with Crippen molar-refractivity contribution in [1.29, 1.82) is 0 Å². The Morgan fingerprint density at radius 3 is 2.63 bits per heavy atom. The molecule has 1 aromatic carbocycles. The van der Waals surface area contributed by atoms with E-state index in [0.29, 0.717) is 12.3 Å². The summed E-state index contributed by atoms with van der Waals surface area (Å²) in [6.07, 6.45) is 2.40. The summed E-state index contributed by atoms with van der Waals surface area (Å²) in [4.78, 5) is 11.2. The fourth-order valence-corrected chi connectivity index (χ4v) is 2.59. The average molecular weight is 262 g/mol. The predicted molar refractivity (Wildman–Crippen MR) is 74.4 cm³/mol. The van der Waals surface area contributed by atoms with Crippen LogP contribution in [0, 0.1) is 5.92 Å². The Kier molecular flexibility index (Phi) is 5.36. The summed E-state index contributed by atoms with van der Waals surface area (Å²) in [5, 5.41) is 3.48. The van der Waals surface area contributed by atoms with Gasteiger partial charge in [0.25, 0.3) is 0 Å². The highest BCUT2D eigenvalue weighted by molar-refractivity contribution is 5.74. The molecule has 1 aromatic rings. The summed E-state index contributed by atoms with van der Waals surface area (Å²) < 4.78 is 5.37. The lowest BCUT2D eigenvalue weighted by molar-refractivity contribution is -0.119. The predicted octanol–water partition coefficient (Wildman–Crippen LogP) is 1.45. The van der Waals surface area contributed by atoms with Crippen molar-refractivity contribution in [3.05, 3.63) is 35.9 Å². The number of ether oxygens (including phenoxy) is 1. The molecule has 3 N–H and O–H groups in total. The molecule has 1 heterocycles. The minimum Gasteiger partial charge on any atom is -0.381 e. The molecular weight excluding hydrogens is 240 g/mol. The van der Waals surface area contributed by atoms with Gasteiger partial charge in [0.15, 0.2) is 0 Å². The first-order chi connectivity index (χ1) is 9.25. The maximum Gasteiger partial charge on any atom is 0.218 e. The van der Waals surface area contributed by atoms with Crippen molar-refractivity contribution in [3.63, 3.8) is 0 Å². The van der Waals surface area contributed by atoms with Crippen LogP contribution >= 0.6 is 0 Å². The third-order valence-electron chi connectivity index (χ3n) is 3.67. The second-order valence-corrected chi connectivity index (χ2v) is 5.09. The van der Waals surface area contributed by atoms with Gasteiger partial charge in [0.05, 0.1) is 0 Å². The molecule has 2 rings (SSSR count). The molecule has 0 bridgehead atoms. The third kappa shape index (κ3) is 4.65. The Labute approximate surface area is 114 Å². The molecule has 4 nitrogen and oxygen atoms in total. The topological polar surface area (TPSA) is 64.4 Å². The van der Waals surface area contributed by atoms with Crippen molar-refractivity contribution in [2.75, 3.05) is 13.2 Å². The van der Waals surface area contributed by atoms with Gasteiger partial charge in [-0.2, -0.15) is 0 Å². The molecular formula is C15H22N2O2. The molecule has 1 aliphatic heterocycles. The zero-order chi connectivity index (χ0) is 13.5.